The van der Waals surface area contributed by atoms with Crippen LogP contribution >= 0.6 is 0 Å². The van der Waals surface area contributed by atoms with Crippen LogP contribution in [0.5, 0.6) is 0 Å². The number of pyridine rings is 1. The Morgan fingerprint density at radius 2 is 2.11 bits per heavy atom. The van der Waals surface area contributed by atoms with Gasteiger partial charge in [-0.3, -0.25) is 4.98 Å². The van der Waals surface area contributed by atoms with Gasteiger partial charge in [0.15, 0.2) is 0 Å². The van der Waals surface area contributed by atoms with Crippen molar-refractivity contribution in [2.24, 2.45) is 0 Å². The second kappa shape index (κ2) is 7.12. The lowest BCUT2D eigenvalue weighted by molar-refractivity contribution is 0.0696. The van der Waals surface area contributed by atoms with E-state index in [1.807, 2.05) is 13.0 Å². The van der Waals surface area contributed by atoms with Gasteiger partial charge in [0.1, 0.15) is 5.56 Å². The zero-order valence-corrected chi connectivity index (χ0v) is 12.3. The molecule has 19 heavy (non-hydrogen) atoms. The maximum absolute atomic E-state index is 11.3. The average molecular weight is 264 g/mol. The molecule has 2 N–H and O–H groups in total. The first-order chi connectivity index (χ1) is 8.95. The summed E-state index contributed by atoms with van der Waals surface area (Å²) >= 11 is 0. The highest BCUT2D eigenvalue weighted by atomic mass is 16.4. The molecule has 0 aliphatic heterocycles. The largest absolute Gasteiger partial charge is 0.478 e. The highest BCUT2D eigenvalue weighted by Crippen LogP contribution is 2.21. The predicted octanol–water partition coefficient (Wildman–Crippen LogP) is 3.78. The van der Waals surface area contributed by atoms with E-state index in [-0.39, 0.29) is 11.6 Å². The molecule has 1 aromatic heterocycles. The molecule has 0 saturated heterocycles. The lowest BCUT2D eigenvalue weighted by Crippen LogP contribution is -2.18. The first-order valence-corrected chi connectivity index (χ1v) is 6.93. The van der Waals surface area contributed by atoms with Crippen LogP contribution in [0.25, 0.3) is 0 Å². The van der Waals surface area contributed by atoms with Gasteiger partial charge in [-0.2, -0.15) is 0 Å². The van der Waals surface area contributed by atoms with Crippen LogP contribution in [0, 0.1) is 13.8 Å². The number of aromatic nitrogens is 1. The highest BCUT2D eigenvalue weighted by Gasteiger charge is 2.16. The van der Waals surface area contributed by atoms with Crippen molar-refractivity contribution in [3.8, 4) is 0 Å². The van der Waals surface area contributed by atoms with E-state index < -0.39 is 5.97 Å². The molecule has 1 unspecified atom stereocenters. The van der Waals surface area contributed by atoms with E-state index in [4.69, 9.17) is 0 Å². The molecule has 106 valence electrons. The molecule has 0 amide bonds. The Bertz CT molecular complexity index is 444. The minimum atomic E-state index is -0.923. The Labute approximate surface area is 115 Å². The maximum atomic E-state index is 11.3. The molecule has 4 nitrogen and oxygen atoms in total. The fraction of sp³-hybridized carbons (Fsp3) is 0.600. The maximum Gasteiger partial charge on any atom is 0.339 e. The third-order valence-electron chi connectivity index (χ3n) is 3.18. The summed E-state index contributed by atoms with van der Waals surface area (Å²) in [5.41, 5.74) is 2.37. The summed E-state index contributed by atoms with van der Waals surface area (Å²) in [5.74, 6) is -0.923. The number of aromatic carboxylic acids is 1. The Kier molecular flexibility index (Phi) is 5.80. The number of nitrogens with zero attached hydrogens (tertiary/aromatic N) is 1. The molecule has 0 bridgehead atoms. The Hall–Kier alpha value is -1.58. The number of hydrogen-bond acceptors (Lipinski definition) is 3. The molecule has 0 aliphatic rings. The molecule has 0 aromatic carbocycles. The molecule has 0 saturated carbocycles. The van der Waals surface area contributed by atoms with Crippen molar-refractivity contribution >= 4 is 11.7 Å². The lowest BCUT2D eigenvalue weighted by Gasteiger charge is -2.18. The van der Waals surface area contributed by atoms with E-state index in [9.17, 15) is 9.90 Å². The second-order valence-corrected chi connectivity index (χ2v) is 5.12. The summed E-state index contributed by atoms with van der Waals surface area (Å²) in [6.45, 7) is 7.89. The molecule has 0 fully saturated rings. The molecular formula is C15H24N2O2. The molecule has 4 heteroatoms. The fourth-order valence-corrected chi connectivity index (χ4v) is 2.25. The van der Waals surface area contributed by atoms with Crippen molar-refractivity contribution in [1.29, 1.82) is 0 Å². The van der Waals surface area contributed by atoms with Gasteiger partial charge in [0, 0.05) is 11.7 Å². The number of hydrogen-bond donors (Lipinski definition) is 2. The van der Waals surface area contributed by atoms with Gasteiger partial charge in [-0.15, -0.1) is 0 Å². The minimum absolute atomic E-state index is 0.269. The molecule has 1 heterocycles. The zero-order valence-electron chi connectivity index (χ0n) is 12.3. The van der Waals surface area contributed by atoms with Gasteiger partial charge >= 0.3 is 5.97 Å². The normalized spacial score (nSPS) is 12.2. The molecule has 0 spiro atoms. The van der Waals surface area contributed by atoms with Crippen LogP contribution in [0.3, 0.4) is 0 Å². The van der Waals surface area contributed by atoms with Crippen LogP contribution in [0.4, 0.5) is 5.69 Å². The van der Waals surface area contributed by atoms with Crippen LogP contribution in [0.1, 0.15) is 61.3 Å². The Balaban J connectivity index is 2.84. The fourth-order valence-electron chi connectivity index (χ4n) is 2.25. The number of aryl methyl sites for hydroxylation is 2. The van der Waals surface area contributed by atoms with Crippen molar-refractivity contribution in [3.05, 3.63) is 23.0 Å². The molecular weight excluding hydrogens is 240 g/mol. The minimum Gasteiger partial charge on any atom is -0.478 e. The van der Waals surface area contributed by atoms with Crippen LogP contribution in [-0.2, 0) is 0 Å². The molecule has 1 atom stereocenters. The van der Waals surface area contributed by atoms with Crippen molar-refractivity contribution < 1.29 is 9.90 Å². The van der Waals surface area contributed by atoms with Crippen LogP contribution in [0.2, 0.25) is 0 Å². The summed E-state index contributed by atoms with van der Waals surface area (Å²) in [7, 11) is 0. The van der Waals surface area contributed by atoms with E-state index in [0.29, 0.717) is 11.4 Å². The molecule has 0 radical (unpaired) electrons. The topological polar surface area (TPSA) is 62.2 Å². The number of anilines is 1. The predicted molar refractivity (Wildman–Crippen MR) is 77.9 cm³/mol. The SMILES string of the molecule is CCCCCC(C)Nc1cc(C)nc(C)c1C(=O)O. The van der Waals surface area contributed by atoms with Crippen LogP contribution < -0.4 is 5.32 Å². The Morgan fingerprint density at radius 1 is 1.42 bits per heavy atom. The standard InChI is InChI=1S/C15H24N2O2/c1-5-6-7-8-10(2)17-13-9-11(3)16-12(4)14(13)15(18)19/h9-10H,5-8H2,1-4H3,(H,16,17)(H,18,19). The number of rotatable bonds is 7. The number of carboxylic acids is 1. The lowest BCUT2D eigenvalue weighted by atomic mass is 10.1. The van der Waals surface area contributed by atoms with Gasteiger partial charge in [-0.25, -0.2) is 4.79 Å². The van der Waals surface area contributed by atoms with Crippen molar-refractivity contribution in [1.82, 2.24) is 4.98 Å². The quantitative estimate of drug-likeness (QED) is 0.736. The molecule has 1 aromatic rings. The van der Waals surface area contributed by atoms with Gasteiger partial charge < -0.3 is 10.4 Å². The zero-order chi connectivity index (χ0) is 14.4. The van der Waals surface area contributed by atoms with Gasteiger partial charge in [-0.1, -0.05) is 26.2 Å². The summed E-state index contributed by atoms with van der Waals surface area (Å²) in [4.78, 5) is 15.5. The summed E-state index contributed by atoms with van der Waals surface area (Å²) in [5, 5.41) is 12.6. The van der Waals surface area contributed by atoms with Gasteiger partial charge in [-0.05, 0) is 33.3 Å². The molecule has 0 aliphatic carbocycles. The second-order valence-electron chi connectivity index (χ2n) is 5.12. The number of carbonyl (C=O) groups is 1. The summed E-state index contributed by atoms with van der Waals surface area (Å²) < 4.78 is 0. The monoisotopic (exact) mass is 264 g/mol. The number of nitrogens with one attached hydrogen (secondary N) is 1. The highest BCUT2D eigenvalue weighted by molar-refractivity contribution is 5.95. The number of carboxylic acid groups (broad SMARTS) is 1. The molecule has 1 rings (SSSR count). The smallest absolute Gasteiger partial charge is 0.339 e. The van der Waals surface area contributed by atoms with E-state index in [1.165, 1.54) is 12.8 Å². The van der Waals surface area contributed by atoms with Gasteiger partial charge in [0.25, 0.3) is 0 Å². The van der Waals surface area contributed by atoms with Crippen LogP contribution in [-0.4, -0.2) is 22.1 Å². The third kappa shape index (κ3) is 4.54. The van der Waals surface area contributed by atoms with E-state index >= 15 is 0 Å². The van der Waals surface area contributed by atoms with Crippen molar-refractivity contribution in [3.63, 3.8) is 0 Å². The third-order valence-corrected chi connectivity index (χ3v) is 3.18. The average Bonchev–Trinajstić information content (AvgIpc) is 2.27. The van der Waals surface area contributed by atoms with E-state index in [0.717, 1.165) is 18.5 Å². The number of unbranched alkanes of at least 4 members (excludes halogenated alkanes) is 2. The summed E-state index contributed by atoms with van der Waals surface area (Å²) in [6.07, 6.45) is 4.62. The van der Waals surface area contributed by atoms with E-state index in [1.54, 1.807) is 6.92 Å². The van der Waals surface area contributed by atoms with Gasteiger partial charge in [0.05, 0.1) is 11.4 Å². The summed E-state index contributed by atoms with van der Waals surface area (Å²) in [6, 6.07) is 2.08. The Morgan fingerprint density at radius 3 is 2.68 bits per heavy atom. The van der Waals surface area contributed by atoms with Gasteiger partial charge in [0.2, 0.25) is 0 Å². The van der Waals surface area contributed by atoms with Crippen molar-refractivity contribution in [2.75, 3.05) is 5.32 Å². The first-order valence-electron chi connectivity index (χ1n) is 6.93. The van der Waals surface area contributed by atoms with Crippen LogP contribution in [0.15, 0.2) is 6.07 Å². The van der Waals surface area contributed by atoms with E-state index in [2.05, 4.69) is 24.1 Å². The van der Waals surface area contributed by atoms with Crippen molar-refractivity contribution in [2.45, 2.75) is 59.4 Å². The first kappa shape index (κ1) is 15.5.